The number of ether oxygens (including phenoxy) is 3. The van der Waals surface area contributed by atoms with Crippen molar-refractivity contribution in [1.29, 1.82) is 0 Å². The standard InChI is InChI=1S/C24H35NO8/c1-13(2)9-20(27)32-18-8-7-17(11-19(18)33-21(28)10-14(3)4)22(23(25)24(29)30)15(5)12-31-16(6)26/h7-8,11,13-15,22-23H,9-10,12,25H2,1-6H3,(H,29,30)/t15?,22?,23-/m0/s1. The molecule has 0 saturated carbocycles. The molecule has 0 bridgehead atoms. The summed E-state index contributed by atoms with van der Waals surface area (Å²) in [5.74, 6) is -3.81. The van der Waals surface area contributed by atoms with E-state index in [9.17, 15) is 24.3 Å². The minimum absolute atomic E-state index is 0.00229. The van der Waals surface area contributed by atoms with Crippen molar-refractivity contribution in [2.24, 2.45) is 23.5 Å². The Kier molecular flexibility index (Phi) is 11.0. The molecule has 0 aliphatic rings. The molecule has 0 radical (unpaired) electrons. The second kappa shape index (κ2) is 12.9. The van der Waals surface area contributed by atoms with Crippen molar-refractivity contribution in [2.75, 3.05) is 6.61 Å². The number of hydrogen-bond donors (Lipinski definition) is 2. The molecule has 3 N–H and O–H groups in total. The molecule has 1 aromatic rings. The Morgan fingerprint density at radius 2 is 1.42 bits per heavy atom. The highest BCUT2D eigenvalue weighted by atomic mass is 16.6. The molecule has 0 fully saturated rings. The van der Waals surface area contributed by atoms with Crippen LogP contribution in [-0.2, 0) is 23.9 Å². The third-order valence-corrected chi connectivity index (χ3v) is 4.78. The van der Waals surface area contributed by atoms with Gasteiger partial charge in [-0.1, -0.05) is 40.7 Å². The molecular formula is C24H35NO8. The predicted octanol–water partition coefficient (Wildman–Crippen LogP) is 3.28. The van der Waals surface area contributed by atoms with Crippen molar-refractivity contribution in [3.8, 4) is 11.5 Å². The molecule has 0 aromatic heterocycles. The van der Waals surface area contributed by atoms with Crippen molar-refractivity contribution < 1.29 is 38.5 Å². The molecule has 2 unspecified atom stereocenters. The van der Waals surface area contributed by atoms with Gasteiger partial charge < -0.3 is 25.1 Å². The van der Waals surface area contributed by atoms with Gasteiger partial charge in [0.05, 0.1) is 6.61 Å². The molecule has 0 saturated heterocycles. The molecule has 33 heavy (non-hydrogen) atoms. The number of carboxylic acids is 1. The SMILES string of the molecule is CC(=O)OCC(C)C(c1ccc(OC(=O)CC(C)C)c(OC(=O)CC(C)C)c1)[C@H](N)C(=O)O. The molecule has 0 spiro atoms. The zero-order chi connectivity index (χ0) is 25.3. The minimum Gasteiger partial charge on any atom is -0.480 e. The topological polar surface area (TPSA) is 142 Å². The third-order valence-electron chi connectivity index (χ3n) is 4.78. The average Bonchev–Trinajstić information content (AvgIpc) is 2.66. The molecule has 3 atom stereocenters. The van der Waals surface area contributed by atoms with Crippen LogP contribution in [0.3, 0.4) is 0 Å². The maximum absolute atomic E-state index is 12.3. The first kappa shape index (κ1) is 28.1. The fourth-order valence-electron chi connectivity index (χ4n) is 3.29. The number of esters is 3. The van der Waals surface area contributed by atoms with Crippen molar-refractivity contribution in [3.63, 3.8) is 0 Å². The lowest BCUT2D eigenvalue weighted by molar-refractivity contribution is -0.143. The number of benzene rings is 1. The summed E-state index contributed by atoms with van der Waals surface area (Å²) >= 11 is 0. The van der Waals surface area contributed by atoms with Crippen LogP contribution in [0.15, 0.2) is 18.2 Å². The van der Waals surface area contributed by atoms with Crippen molar-refractivity contribution in [2.45, 2.75) is 66.3 Å². The van der Waals surface area contributed by atoms with Gasteiger partial charge in [-0.25, -0.2) is 0 Å². The average molecular weight is 466 g/mol. The zero-order valence-corrected chi connectivity index (χ0v) is 20.1. The second-order valence-electron chi connectivity index (χ2n) is 9.02. The maximum Gasteiger partial charge on any atom is 0.321 e. The largest absolute Gasteiger partial charge is 0.480 e. The molecule has 9 heteroatoms. The lowest BCUT2D eigenvalue weighted by atomic mass is 9.82. The number of nitrogens with two attached hydrogens (primary N) is 1. The van der Waals surface area contributed by atoms with E-state index in [1.807, 2.05) is 27.7 Å². The molecular weight excluding hydrogens is 430 g/mol. The van der Waals surface area contributed by atoms with Crippen LogP contribution in [0.25, 0.3) is 0 Å². The second-order valence-corrected chi connectivity index (χ2v) is 9.02. The Morgan fingerprint density at radius 1 is 0.909 bits per heavy atom. The molecule has 9 nitrogen and oxygen atoms in total. The van der Waals surface area contributed by atoms with Gasteiger partial charge in [0.25, 0.3) is 0 Å². The van der Waals surface area contributed by atoms with Crippen LogP contribution in [0.5, 0.6) is 11.5 Å². The summed E-state index contributed by atoms with van der Waals surface area (Å²) in [6, 6.07) is 3.15. The number of hydrogen-bond acceptors (Lipinski definition) is 8. The van der Waals surface area contributed by atoms with Gasteiger partial charge in [-0.3, -0.25) is 19.2 Å². The van der Waals surface area contributed by atoms with Gasteiger partial charge in [0.1, 0.15) is 6.04 Å². The molecule has 0 amide bonds. The Bertz CT molecular complexity index is 849. The first-order valence-electron chi connectivity index (χ1n) is 11.0. The highest BCUT2D eigenvalue weighted by molar-refractivity contribution is 5.77. The van der Waals surface area contributed by atoms with Crippen LogP contribution in [0.1, 0.15) is 65.9 Å². The van der Waals surface area contributed by atoms with E-state index in [0.29, 0.717) is 5.56 Å². The fourth-order valence-corrected chi connectivity index (χ4v) is 3.29. The van der Waals surface area contributed by atoms with E-state index in [2.05, 4.69) is 0 Å². The van der Waals surface area contributed by atoms with Crippen LogP contribution in [0.4, 0.5) is 0 Å². The highest BCUT2D eigenvalue weighted by Crippen LogP contribution is 2.36. The van der Waals surface area contributed by atoms with Crippen molar-refractivity contribution >= 4 is 23.9 Å². The van der Waals surface area contributed by atoms with Gasteiger partial charge in [-0.2, -0.15) is 0 Å². The van der Waals surface area contributed by atoms with Crippen LogP contribution in [0, 0.1) is 17.8 Å². The number of carbonyl (C=O) groups excluding carboxylic acids is 3. The van der Waals surface area contributed by atoms with Crippen LogP contribution < -0.4 is 15.2 Å². The van der Waals surface area contributed by atoms with E-state index in [1.54, 1.807) is 13.0 Å². The highest BCUT2D eigenvalue weighted by Gasteiger charge is 2.32. The number of aliphatic carboxylic acids is 1. The molecule has 1 rings (SSSR count). The van der Waals surface area contributed by atoms with Crippen molar-refractivity contribution in [1.82, 2.24) is 0 Å². The van der Waals surface area contributed by atoms with E-state index in [4.69, 9.17) is 19.9 Å². The Hall–Kier alpha value is -2.94. The quantitative estimate of drug-likeness (QED) is 0.351. The lowest BCUT2D eigenvalue weighted by Gasteiger charge is -2.28. The molecule has 1 aromatic carbocycles. The fraction of sp³-hybridized carbons (Fsp3) is 0.583. The first-order valence-corrected chi connectivity index (χ1v) is 11.0. The van der Waals surface area contributed by atoms with Crippen LogP contribution in [0.2, 0.25) is 0 Å². The minimum atomic E-state index is -1.32. The third kappa shape index (κ3) is 9.61. The summed E-state index contributed by atoms with van der Waals surface area (Å²) in [6.07, 6.45) is 0.317. The first-order chi connectivity index (χ1) is 15.3. The van der Waals surface area contributed by atoms with Crippen LogP contribution in [-0.4, -0.2) is 41.6 Å². The number of rotatable bonds is 12. The lowest BCUT2D eigenvalue weighted by Crippen LogP contribution is -2.40. The molecule has 0 heterocycles. The zero-order valence-electron chi connectivity index (χ0n) is 20.1. The number of carbonyl (C=O) groups is 4. The van der Waals surface area contributed by atoms with Gasteiger partial charge in [-0.15, -0.1) is 0 Å². The van der Waals surface area contributed by atoms with E-state index in [1.165, 1.54) is 19.1 Å². The summed E-state index contributed by atoms with van der Waals surface area (Å²) in [5.41, 5.74) is 6.40. The summed E-state index contributed by atoms with van der Waals surface area (Å²) in [4.78, 5) is 47.4. The summed E-state index contributed by atoms with van der Waals surface area (Å²) in [5, 5.41) is 9.52. The molecule has 184 valence electrons. The van der Waals surface area contributed by atoms with Gasteiger partial charge in [0, 0.05) is 25.7 Å². The normalized spacial score (nSPS) is 13.8. The maximum atomic E-state index is 12.3. The smallest absolute Gasteiger partial charge is 0.321 e. The summed E-state index contributed by atoms with van der Waals surface area (Å²) in [7, 11) is 0. The van der Waals surface area contributed by atoms with E-state index in [-0.39, 0.29) is 42.8 Å². The number of carboxylic acid groups (broad SMARTS) is 1. The van der Waals surface area contributed by atoms with Gasteiger partial charge >= 0.3 is 23.9 Å². The Balaban J connectivity index is 3.39. The van der Waals surface area contributed by atoms with Gasteiger partial charge in [0.2, 0.25) is 0 Å². The summed E-state index contributed by atoms with van der Waals surface area (Å²) < 4.78 is 15.9. The van der Waals surface area contributed by atoms with Crippen molar-refractivity contribution in [3.05, 3.63) is 23.8 Å². The van der Waals surface area contributed by atoms with Gasteiger partial charge in [0.15, 0.2) is 11.5 Å². The van der Waals surface area contributed by atoms with Gasteiger partial charge in [-0.05, 0) is 35.4 Å². The van der Waals surface area contributed by atoms with Crippen LogP contribution >= 0.6 is 0 Å². The predicted molar refractivity (Wildman–Crippen MR) is 121 cm³/mol. The van der Waals surface area contributed by atoms with E-state index < -0.39 is 41.8 Å². The molecule has 0 aliphatic heterocycles. The van der Waals surface area contributed by atoms with E-state index >= 15 is 0 Å². The Morgan fingerprint density at radius 3 is 1.88 bits per heavy atom. The Labute approximate surface area is 194 Å². The van der Waals surface area contributed by atoms with E-state index in [0.717, 1.165) is 0 Å². The monoisotopic (exact) mass is 465 g/mol. The molecule has 0 aliphatic carbocycles. The summed E-state index contributed by atoms with van der Waals surface area (Å²) in [6.45, 7) is 10.4.